The molecule has 0 aliphatic rings. The molecule has 0 aliphatic heterocycles. The first-order valence-corrected chi connectivity index (χ1v) is 8.97. The highest BCUT2D eigenvalue weighted by Crippen LogP contribution is 2.26. The highest BCUT2D eigenvalue weighted by Gasteiger charge is 2.13. The summed E-state index contributed by atoms with van der Waals surface area (Å²) in [4.78, 5) is 12.1. The molecule has 4 nitrogen and oxygen atoms in total. The van der Waals surface area contributed by atoms with E-state index in [2.05, 4.69) is 38.2 Å². The van der Waals surface area contributed by atoms with Crippen LogP contribution >= 0.6 is 0 Å². The van der Waals surface area contributed by atoms with Gasteiger partial charge in [-0.2, -0.15) is 0 Å². The summed E-state index contributed by atoms with van der Waals surface area (Å²) >= 11 is 0. The normalized spacial score (nSPS) is 11.1. The highest BCUT2D eigenvalue weighted by atomic mass is 16.5. The number of hydrogen-bond donors (Lipinski definition) is 1. The van der Waals surface area contributed by atoms with Crippen molar-refractivity contribution in [2.24, 2.45) is 0 Å². The lowest BCUT2D eigenvalue weighted by molar-refractivity contribution is -0.116. The molecule has 0 aliphatic carbocycles. The minimum atomic E-state index is -0.0411. The molecule has 26 heavy (non-hydrogen) atoms. The Kier molecular flexibility index (Phi) is 6.67. The van der Waals surface area contributed by atoms with Gasteiger partial charge >= 0.3 is 0 Å². The number of methoxy groups -OCH3 is 1. The van der Waals surface area contributed by atoms with Gasteiger partial charge in [0.25, 0.3) is 0 Å². The van der Waals surface area contributed by atoms with Crippen molar-refractivity contribution in [3.63, 3.8) is 0 Å². The van der Waals surface area contributed by atoms with Crippen molar-refractivity contribution in [2.75, 3.05) is 19.0 Å². The molecule has 0 heterocycles. The molecule has 4 heteroatoms. The Balaban J connectivity index is 1.78. The summed E-state index contributed by atoms with van der Waals surface area (Å²) in [5.74, 6) is 1.46. The molecule has 0 saturated heterocycles. The molecule has 0 fully saturated rings. The van der Waals surface area contributed by atoms with Gasteiger partial charge in [-0.15, -0.1) is 0 Å². The topological polar surface area (TPSA) is 47.6 Å². The van der Waals surface area contributed by atoms with Crippen LogP contribution in [0.1, 0.15) is 44.7 Å². The molecule has 2 aromatic rings. The van der Waals surface area contributed by atoms with Crippen molar-refractivity contribution in [3.05, 3.63) is 53.6 Å². The fraction of sp³-hybridized carbons (Fsp3) is 0.409. The highest BCUT2D eigenvalue weighted by molar-refractivity contribution is 5.92. The summed E-state index contributed by atoms with van der Waals surface area (Å²) in [7, 11) is 1.60. The number of carbonyl (C=O) groups is 1. The third-order valence-corrected chi connectivity index (χ3v) is 4.17. The maximum Gasteiger partial charge on any atom is 0.224 e. The van der Waals surface area contributed by atoms with Crippen molar-refractivity contribution in [2.45, 2.75) is 46.0 Å². The molecule has 0 spiro atoms. The molecule has 0 bridgehead atoms. The molecule has 0 unspecified atom stereocenters. The van der Waals surface area contributed by atoms with Crippen molar-refractivity contribution in [1.29, 1.82) is 0 Å². The lowest BCUT2D eigenvalue weighted by Gasteiger charge is -2.19. The van der Waals surface area contributed by atoms with Crippen molar-refractivity contribution < 1.29 is 14.3 Å². The molecular weight excluding hydrogens is 326 g/mol. The molecule has 2 rings (SSSR count). The molecule has 1 N–H and O–H groups in total. The van der Waals surface area contributed by atoms with Gasteiger partial charge in [0.05, 0.1) is 19.4 Å². The average molecular weight is 355 g/mol. The van der Waals surface area contributed by atoms with Crippen LogP contribution < -0.4 is 14.8 Å². The Morgan fingerprint density at radius 3 is 2.38 bits per heavy atom. The van der Waals surface area contributed by atoms with Gasteiger partial charge in [0, 0.05) is 6.42 Å². The van der Waals surface area contributed by atoms with E-state index in [1.54, 1.807) is 7.11 Å². The number of aryl methyl sites for hydroxylation is 1. The van der Waals surface area contributed by atoms with E-state index in [-0.39, 0.29) is 11.3 Å². The summed E-state index contributed by atoms with van der Waals surface area (Å²) in [5.41, 5.74) is 3.18. The van der Waals surface area contributed by atoms with Crippen LogP contribution in [0.25, 0.3) is 0 Å². The van der Waals surface area contributed by atoms with Crippen LogP contribution in [-0.4, -0.2) is 19.6 Å². The quantitative estimate of drug-likeness (QED) is 0.703. The van der Waals surface area contributed by atoms with Gasteiger partial charge in [-0.25, -0.2) is 0 Å². The third-order valence-electron chi connectivity index (χ3n) is 4.17. The Morgan fingerprint density at radius 2 is 1.77 bits per heavy atom. The predicted octanol–water partition coefficient (Wildman–Crippen LogP) is 5.10. The number of ether oxygens (including phenoxy) is 2. The summed E-state index contributed by atoms with van der Waals surface area (Å²) in [5, 5.41) is 2.91. The van der Waals surface area contributed by atoms with Crippen LogP contribution in [0.5, 0.6) is 11.5 Å². The van der Waals surface area contributed by atoms with Gasteiger partial charge in [0.2, 0.25) is 5.91 Å². The van der Waals surface area contributed by atoms with Gasteiger partial charge in [0.15, 0.2) is 0 Å². The number of hydrogen-bond acceptors (Lipinski definition) is 3. The SMILES string of the molecule is COc1ccc(C)cc1NC(=O)CCCOc1ccc(C(C)(C)C)cc1. The smallest absolute Gasteiger partial charge is 0.224 e. The van der Waals surface area contributed by atoms with Crippen LogP contribution in [0.2, 0.25) is 0 Å². The third kappa shape index (κ3) is 5.80. The molecule has 0 atom stereocenters. The first-order chi connectivity index (χ1) is 12.3. The van der Waals surface area contributed by atoms with E-state index in [0.29, 0.717) is 30.9 Å². The first kappa shape index (κ1) is 19.8. The van der Waals surface area contributed by atoms with Gasteiger partial charge in [-0.1, -0.05) is 39.0 Å². The molecule has 0 saturated carbocycles. The van der Waals surface area contributed by atoms with Crippen LogP contribution in [-0.2, 0) is 10.2 Å². The Hall–Kier alpha value is -2.49. The zero-order valence-corrected chi connectivity index (χ0v) is 16.4. The maximum atomic E-state index is 12.1. The summed E-state index contributed by atoms with van der Waals surface area (Å²) in [6.07, 6.45) is 1.05. The zero-order valence-electron chi connectivity index (χ0n) is 16.4. The van der Waals surface area contributed by atoms with E-state index >= 15 is 0 Å². The minimum Gasteiger partial charge on any atom is -0.495 e. The van der Waals surface area contributed by atoms with E-state index in [0.717, 1.165) is 11.3 Å². The summed E-state index contributed by atoms with van der Waals surface area (Å²) in [6.45, 7) is 9.04. The second kappa shape index (κ2) is 8.75. The van der Waals surface area contributed by atoms with Crippen LogP contribution in [0, 0.1) is 6.92 Å². The minimum absolute atomic E-state index is 0.0411. The number of amides is 1. The Morgan fingerprint density at radius 1 is 1.08 bits per heavy atom. The molecular formula is C22H29NO3. The van der Waals surface area contributed by atoms with Gasteiger partial charge in [-0.05, 0) is 54.2 Å². The number of benzene rings is 2. The van der Waals surface area contributed by atoms with Gasteiger partial charge in [-0.3, -0.25) is 4.79 Å². The fourth-order valence-corrected chi connectivity index (χ4v) is 2.61. The number of anilines is 1. The lowest BCUT2D eigenvalue weighted by atomic mass is 9.87. The fourth-order valence-electron chi connectivity index (χ4n) is 2.61. The lowest BCUT2D eigenvalue weighted by Crippen LogP contribution is -2.13. The average Bonchev–Trinajstić information content (AvgIpc) is 2.58. The Bertz CT molecular complexity index is 730. The maximum absolute atomic E-state index is 12.1. The van der Waals surface area contributed by atoms with E-state index in [9.17, 15) is 4.79 Å². The number of rotatable bonds is 7. The summed E-state index contributed by atoms with van der Waals surface area (Å²) in [6, 6.07) is 13.9. The monoisotopic (exact) mass is 355 g/mol. The van der Waals surface area contributed by atoms with Gasteiger partial charge in [0.1, 0.15) is 11.5 Å². The Labute approximate surface area is 156 Å². The predicted molar refractivity (Wildman–Crippen MR) is 106 cm³/mol. The van der Waals surface area contributed by atoms with Crippen LogP contribution in [0.4, 0.5) is 5.69 Å². The molecule has 0 radical (unpaired) electrons. The standard InChI is InChI=1S/C22H29NO3/c1-16-8-13-20(25-5)19(15-16)23-21(24)7-6-14-26-18-11-9-17(10-12-18)22(2,3)4/h8-13,15H,6-7,14H2,1-5H3,(H,23,24). The summed E-state index contributed by atoms with van der Waals surface area (Å²) < 4.78 is 11.0. The molecule has 140 valence electrons. The van der Waals surface area contributed by atoms with E-state index in [1.807, 2.05) is 37.3 Å². The first-order valence-electron chi connectivity index (χ1n) is 8.97. The van der Waals surface area contributed by atoms with Crippen molar-refractivity contribution >= 4 is 11.6 Å². The largest absolute Gasteiger partial charge is 0.495 e. The van der Waals surface area contributed by atoms with Crippen LogP contribution in [0.15, 0.2) is 42.5 Å². The zero-order chi connectivity index (χ0) is 19.2. The molecule has 1 amide bonds. The van der Waals surface area contributed by atoms with E-state index in [1.165, 1.54) is 5.56 Å². The van der Waals surface area contributed by atoms with E-state index < -0.39 is 0 Å². The van der Waals surface area contributed by atoms with E-state index in [4.69, 9.17) is 9.47 Å². The molecule has 2 aromatic carbocycles. The second-order valence-electron chi connectivity index (χ2n) is 7.48. The van der Waals surface area contributed by atoms with Crippen molar-refractivity contribution in [1.82, 2.24) is 0 Å². The number of nitrogens with one attached hydrogen (secondary N) is 1. The second-order valence-corrected chi connectivity index (χ2v) is 7.48. The number of carbonyl (C=O) groups excluding carboxylic acids is 1. The molecule has 0 aromatic heterocycles. The van der Waals surface area contributed by atoms with Crippen molar-refractivity contribution in [3.8, 4) is 11.5 Å². The van der Waals surface area contributed by atoms with Gasteiger partial charge < -0.3 is 14.8 Å². The van der Waals surface area contributed by atoms with Crippen LogP contribution in [0.3, 0.4) is 0 Å².